The predicted molar refractivity (Wildman–Crippen MR) is 84.7 cm³/mol. The van der Waals surface area contributed by atoms with Crippen molar-refractivity contribution < 1.29 is 0 Å². The van der Waals surface area contributed by atoms with Gasteiger partial charge < -0.3 is 0 Å². The van der Waals surface area contributed by atoms with Gasteiger partial charge in [0.25, 0.3) is 0 Å². The molecule has 0 amide bonds. The van der Waals surface area contributed by atoms with Crippen molar-refractivity contribution in [1.82, 2.24) is 19.7 Å². The van der Waals surface area contributed by atoms with E-state index in [0.717, 1.165) is 13.1 Å². The van der Waals surface area contributed by atoms with Crippen LogP contribution in [0.1, 0.15) is 24.8 Å². The molecule has 1 saturated heterocycles. The molecule has 4 nitrogen and oxygen atoms in total. The lowest BCUT2D eigenvalue weighted by Crippen LogP contribution is -2.42. The van der Waals surface area contributed by atoms with Gasteiger partial charge in [-0.3, -0.25) is 9.58 Å². The summed E-state index contributed by atoms with van der Waals surface area (Å²) >= 11 is 0. The van der Waals surface area contributed by atoms with Crippen LogP contribution in [-0.4, -0.2) is 38.8 Å². The van der Waals surface area contributed by atoms with Crippen LogP contribution in [0, 0.1) is 0 Å². The van der Waals surface area contributed by atoms with Crippen LogP contribution >= 0.6 is 0 Å². The van der Waals surface area contributed by atoms with Crippen molar-refractivity contribution in [2.24, 2.45) is 0 Å². The lowest BCUT2D eigenvalue weighted by atomic mass is 10.0. The first-order valence-corrected chi connectivity index (χ1v) is 7.70. The third-order valence-electron chi connectivity index (χ3n) is 4.06. The van der Waals surface area contributed by atoms with Gasteiger partial charge in [0.05, 0.1) is 6.54 Å². The van der Waals surface area contributed by atoms with Crippen LogP contribution in [0.15, 0.2) is 49.1 Å². The van der Waals surface area contributed by atoms with Gasteiger partial charge in [-0.2, -0.15) is 5.10 Å². The van der Waals surface area contributed by atoms with Crippen molar-refractivity contribution in [3.05, 3.63) is 54.6 Å². The van der Waals surface area contributed by atoms with E-state index in [9.17, 15) is 0 Å². The Bertz CT molecular complexity index is 547. The van der Waals surface area contributed by atoms with E-state index in [-0.39, 0.29) is 0 Å². The minimum Gasteiger partial charge on any atom is -0.295 e. The number of hydrogen-bond acceptors (Lipinski definition) is 3. The zero-order valence-electron chi connectivity index (χ0n) is 12.3. The average Bonchev–Trinajstić information content (AvgIpc) is 3.03. The lowest BCUT2D eigenvalue weighted by Gasteiger charge is -2.34. The summed E-state index contributed by atoms with van der Waals surface area (Å²) in [5, 5.41) is 4.23. The lowest BCUT2D eigenvalue weighted by molar-refractivity contribution is 0.145. The Hall–Kier alpha value is -1.94. The third kappa shape index (κ3) is 4.02. The molecular weight excluding hydrogens is 260 g/mol. The highest BCUT2D eigenvalue weighted by Gasteiger charge is 2.21. The standard InChI is InChI=1S/C17H22N4/c1-2-7-16(8-3-1)9-6-12-20-11-5-4-10-17(20)13-21-15-18-14-19-21/h1-3,6-9,14-15,17H,4-5,10-13H2/b9-6-/t17-/m1/s1. The summed E-state index contributed by atoms with van der Waals surface area (Å²) in [7, 11) is 0. The molecule has 0 spiro atoms. The molecule has 0 bridgehead atoms. The van der Waals surface area contributed by atoms with Crippen LogP contribution in [0.2, 0.25) is 0 Å². The molecular formula is C17H22N4. The molecule has 110 valence electrons. The number of nitrogens with zero attached hydrogens (tertiary/aromatic N) is 4. The molecule has 21 heavy (non-hydrogen) atoms. The number of benzene rings is 1. The monoisotopic (exact) mass is 282 g/mol. The molecule has 1 aliphatic rings. The minimum atomic E-state index is 0.570. The van der Waals surface area contributed by atoms with Crippen LogP contribution in [0.25, 0.3) is 6.08 Å². The number of aromatic nitrogens is 3. The van der Waals surface area contributed by atoms with Crippen molar-refractivity contribution in [2.45, 2.75) is 31.8 Å². The van der Waals surface area contributed by atoms with Gasteiger partial charge in [-0.05, 0) is 24.9 Å². The second-order valence-corrected chi connectivity index (χ2v) is 5.58. The van der Waals surface area contributed by atoms with Gasteiger partial charge in [-0.15, -0.1) is 0 Å². The number of likely N-dealkylation sites (tertiary alicyclic amines) is 1. The first-order valence-electron chi connectivity index (χ1n) is 7.70. The van der Waals surface area contributed by atoms with Crippen molar-refractivity contribution in [3.63, 3.8) is 0 Å². The SMILES string of the molecule is C(=C/c1ccccc1)/CN1CCCC[C@@H]1Cn1cncn1. The van der Waals surface area contributed by atoms with E-state index >= 15 is 0 Å². The Morgan fingerprint density at radius 3 is 2.90 bits per heavy atom. The van der Waals surface area contributed by atoms with Gasteiger partial charge in [-0.25, -0.2) is 4.98 Å². The molecule has 3 rings (SSSR count). The van der Waals surface area contributed by atoms with Crippen LogP contribution in [0.4, 0.5) is 0 Å². The molecule has 1 aromatic carbocycles. The summed E-state index contributed by atoms with van der Waals surface area (Å²) in [5.41, 5.74) is 1.27. The maximum atomic E-state index is 4.23. The second kappa shape index (κ2) is 7.18. The molecule has 1 fully saturated rings. The highest BCUT2D eigenvalue weighted by Crippen LogP contribution is 2.18. The van der Waals surface area contributed by atoms with Crippen LogP contribution in [-0.2, 0) is 6.54 Å². The molecule has 0 radical (unpaired) electrons. The quantitative estimate of drug-likeness (QED) is 0.845. The fraction of sp³-hybridized carbons (Fsp3) is 0.412. The maximum absolute atomic E-state index is 4.23. The molecule has 4 heteroatoms. The van der Waals surface area contributed by atoms with E-state index in [1.54, 1.807) is 6.33 Å². The van der Waals surface area contributed by atoms with Crippen LogP contribution in [0.5, 0.6) is 0 Å². The number of rotatable bonds is 5. The van der Waals surface area contributed by atoms with Crippen molar-refractivity contribution in [1.29, 1.82) is 0 Å². The Labute approximate surface area is 126 Å². The van der Waals surface area contributed by atoms with Gasteiger partial charge in [-0.1, -0.05) is 48.9 Å². The number of hydrogen-bond donors (Lipinski definition) is 0. The molecule has 2 aromatic rings. The first kappa shape index (κ1) is 14.0. The Morgan fingerprint density at radius 1 is 1.19 bits per heavy atom. The molecule has 1 aromatic heterocycles. The Morgan fingerprint density at radius 2 is 2.10 bits per heavy atom. The zero-order chi connectivity index (χ0) is 14.3. The number of piperidine rings is 1. The Balaban J connectivity index is 1.58. The largest absolute Gasteiger partial charge is 0.295 e. The fourth-order valence-corrected chi connectivity index (χ4v) is 2.94. The average molecular weight is 282 g/mol. The van der Waals surface area contributed by atoms with Gasteiger partial charge in [0, 0.05) is 12.6 Å². The second-order valence-electron chi connectivity index (χ2n) is 5.58. The molecule has 0 N–H and O–H groups in total. The third-order valence-corrected chi connectivity index (χ3v) is 4.06. The fourth-order valence-electron chi connectivity index (χ4n) is 2.94. The van der Waals surface area contributed by atoms with E-state index in [4.69, 9.17) is 0 Å². The molecule has 2 heterocycles. The highest BCUT2D eigenvalue weighted by atomic mass is 15.3. The van der Waals surface area contributed by atoms with Crippen molar-refractivity contribution in [2.75, 3.05) is 13.1 Å². The van der Waals surface area contributed by atoms with Crippen LogP contribution in [0.3, 0.4) is 0 Å². The summed E-state index contributed by atoms with van der Waals surface area (Å²) in [5.74, 6) is 0. The first-order chi connectivity index (χ1) is 10.4. The molecule has 1 atom stereocenters. The van der Waals surface area contributed by atoms with Gasteiger partial charge >= 0.3 is 0 Å². The summed E-state index contributed by atoms with van der Waals surface area (Å²) in [6.45, 7) is 3.13. The maximum Gasteiger partial charge on any atom is 0.137 e. The zero-order valence-corrected chi connectivity index (χ0v) is 12.3. The van der Waals surface area contributed by atoms with E-state index in [2.05, 4.69) is 57.5 Å². The van der Waals surface area contributed by atoms with Gasteiger partial charge in [0.15, 0.2) is 0 Å². The smallest absolute Gasteiger partial charge is 0.137 e. The van der Waals surface area contributed by atoms with Gasteiger partial charge in [0.2, 0.25) is 0 Å². The van der Waals surface area contributed by atoms with Crippen molar-refractivity contribution >= 4 is 6.08 Å². The minimum absolute atomic E-state index is 0.570. The topological polar surface area (TPSA) is 34.0 Å². The summed E-state index contributed by atoms with van der Waals surface area (Å²) < 4.78 is 1.95. The van der Waals surface area contributed by atoms with Crippen LogP contribution < -0.4 is 0 Å². The van der Waals surface area contributed by atoms with Gasteiger partial charge in [0.1, 0.15) is 12.7 Å². The highest BCUT2D eigenvalue weighted by molar-refractivity contribution is 5.48. The molecule has 1 aliphatic heterocycles. The molecule has 0 saturated carbocycles. The molecule has 0 unspecified atom stereocenters. The van der Waals surface area contributed by atoms with E-state index < -0.39 is 0 Å². The van der Waals surface area contributed by atoms with E-state index in [0.29, 0.717) is 6.04 Å². The normalized spacial score (nSPS) is 20.1. The van der Waals surface area contributed by atoms with Crippen molar-refractivity contribution in [3.8, 4) is 0 Å². The Kier molecular flexibility index (Phi) is 4.79. The summed E-state index contributed by atoms with van der Waals surface area (Å²) in [6.07, 6.45) is 11.8. The summed E-state index contributed by atoms with van der Waals surface area (Å²) in [6, 6.07) is 11.1. The summed E-state index contributed by atoms with van der Waals surface area (Å²) in [4.78, 5) is 6.59. The predicted octanol–water partition coefficient (Wildman–Crippen LogP) is 2.85. The van der Waals surface area contributed by atoms with E-state index in [1.165, 1.54) is 31.4 Å². The molecule has 0 aliphatic carbocycles. The van der Waals surface area contributed by atoms with E-state index in [1.807, 2.05) is 11.0 Å².